The van der Waals surface area contributed by atoms with E-state index in [1.807, 2.05) is 0 Å². The van der Waals surface area contributed by atoms with E-state index in [9.17, 15) is 0 Å². The van der Waals surface area contributed by atoms with E-state index in [0.717, 1.165) is 0 Å². The Morgan fingerprint density at radius 1 is 1.30 bits per heavy atom. The summed E-state index contributed by atoms with van der Waals surface area (Å²) < 4.78 is -2.67. The minimum Gasteiger partial charge on any atom is -0.391 e. The van der Waals surface area contributed by atoms with Crippen molar-refractivity contribution in [1.82, 2.24) is 0 Å². The van der Waals surface area contributed by atoms with E-state index in [0.29, 0.717) is 0 Å². The van der Waals surface area contributed by atoms with E-state index < -0.39 is 13.1 Å². The van der Waals surface area contributed by atoms with Gasteiger partial charge in [0.05, 0.1) is 6.10 Å². The molecule has 10 heavy (non-hydrogen) atoms. The fraction of sp³-hybridized carbons (Fsp3) is 1.00. The summed E-state index contributed by atoms with van der Waals surface area (Å²) in [4.78, 5) is 0. The zero-order valence-corrected chi connectivity index (χ0v) is 10.4. The maximum atomic E-state index is 9.04. The lowest BCUT2D eigenvalue weighted by Crippen LogP contribution is -2.40. The van der Waals surface area contributed by atoms with E-state index in [1.54, 1.807) is 0 Å². The molecule has 0 aromatic heterocycles. The van der Waals surface area contributed by atoms with Crippen LogP contribution in [-0.2, 0) is 0 Å². The Balaban J connectivity index is 4.40. The maximum Gasteiger partial charge on any atom is 0.203 e. The first-order chi connectivity index (χ1) is 4.19. The van der Waals surface area contributed by atoms with Crippen molar-refractivity contribution in [1.29, 1.82) is 0 Å². The van der Waals surface area contributed by atoms with Crippen molar-refractivity contribution in [3.8, 4) is 0 Å². The molecule has 1 nitrogen and oxygen atoms in total. The molecule has 0 aliphatic heterocycles. The van der Waals surface area contributed by atoms with Gasteiger partial charge in [0.1, 0.15) is 0 Å². The molecule has 1 N–H and O–H groups in total. The van der Waals surface area contributed by atoms with Gasteiger partial charge in [-0.3, -0.25) is 0 Å². The predicted molar refractivity (Wildman–Crippen MR) is 52.6 cm³/mol. The fourth-order valence-corrected chi connectivity index (χ4v) is 0.884. The molecule has 62 valence electrons. The molecule has 0 aliphatic carbocycles. The van der Waals surface area contributed by atoms with Crippen LogP contribution in [0.3, 0.4) is 0 Å². The molecular formula is C4H5Br2Cl3O. The summed E-state index contributed by atoms with van der Waals surface area (Å²) in [6.07, 6.45) is -0.872. The third-order valence-electron chi connectivity index (χ3n) is 0.903. The van der Waals surface area contributed by atoms with Crippen LogP contribution in [0.5, 0.6) is 0 Å². The SMILES string of the molecule is CC(O)C(Cl)(Br)C(Cl)(Cl)Br. The van der Waals surface area contributed by atoms with Gasteiger partial charge in [-0.15, -0.1) is 0 Å². The highest BCUT2D eigenvalue weighted by Gasteiger charge is 2.48. The number of aliphatic hydroxyl groups is 1. The molecule has 6 heteroatoms. The molecule has 0 heterocycles. The molecule has 0 aromatic carbocycles. The number of alkyl halides is 5. The van der Waals surface area contributed by atoms with Gasteiger partial charge in [0.15, 0.2) is 3.78 Å². The average Bonchev–Trinajstić information content (AvgIpc) is 1.62. The highest BCUT2D eigenvalue weighted by atomic mass is 79.9. The molecule has 0 bridgehead atoms. The van der Waals surface area contributed by atoms with E-state index in [4.69, 9.17) is 39.9 Å². The van der Waals surface area contributed by atoms with E-state index in [1.165, 1.54) is 6.92 Å². The highest BCUT2D eigenvalue weighted by molar-refractivity contribution is 9.13. The quantitative estimate of drug-likeness (QED) is 0.769. The number of aliphatic hydroxyl groups excluding tert-OH is 1. The van der Waals surface area contributed by atoms with Crippen LogP contribution in [0.4, 0.5) is 0 Å². The van der Waals surface area contributed by atoms with Crippen molar-refractivity contribution in [3.05, 3.63) is 0 Å². The lowest BCUT2D eigenvalue weighted by molar-refractivity contribution is 0.182. The Morgan fingerprint density at radius 2 is 1.60 bits per heavy atom. The predicted octanol–water partition coefficient (Wildman–Crippen LogP) is 3.22. The van der Waals surface area contributed by atoms with Crippen LogP contribution in [0.15, 0.2) is 0 Å². The van der Waals surface area contributed by atoms with Gasteiger partial charge in [0.25, 0.3) is 0 Å². The Labute approximate surface area is 91.3 Å². The molecule has 0 saturated carbocycles. The molecule has 0 amide bonds. The van der Waals surface area contributed by atoms with Gasteiger partial charge in [0.2, 0.25) is 3.24 Å². The second kappa shape index (κ2) is 3.67. The van der Waals surface area contributed by atoms with Gasteiger partial charge in [0, 0.05) is 0 Å². The summed E-state index contributed by atoms with van der Waals surface area (Å²) in [5, 5.41) is 9.04. The lowest BCUT2D eigenvalue weighted by Gasteiger charge is -2.30. The fourth-order valence-electron chi connectivity index (χ4n) is 0.237. The molecule has 0 aromatic rings. The number of rotatable bonds is 2. The van der Waals surface area contributed by atoms with E-state index in [-0.39, 0.29) is 0 Å². The van der Waals surface area contributed by atoms with Crippen LogP contribution in [0.1, 0.15) is 6.92 Å². The molecule has 2 atom stereocenters. The summed E-state index contributed by atoms with van der Waals surface area (Å²) in [5.41, 5.74) is 0. The van der Waals surface area contributed by atoms with Crippen molar-refractivity contribution < 1.29 is 5.11 Å². The van der Waals surface area contributed by atoms with Crippen LogP contribution in [-0.4, -0.2) is 18.2 Å². The Kier molecular flexibility index (Phi) is 4.33. The molecule has 0 fully saturated rings. The maximum absolute atomic E-state index is 9.04. The standard InChI is InChI=1S/C4H5Br2Cl3O/c1-2(10)3(5,7)4(6,8)9/h2,10H,1H3. The molecule has 0 radical (unpaired) electrons. The monoisotopic (exact) mass is 332 g/mol. The second-order valence-corrected chi connectivity index (χ2v) is 7.53. The summed E-state index contributed by atoms with van der Waals surface area (Å²) >= 11 is 22.7. The third kappa shape index (κ3) is 2.68. The van der Waals surface area contributed by atoms with Crippen LogP contribution in [0.25, 0.3) is 0 Å². The Hall–Kier alpha value is 1.79. The van der Waals surface area contributed by atoms with E-state index >= 15 is 0 Å². The van der Waals surface area contributed by atoms with Crippen LogP contribution in [0.2, 0.25) is 0 Å². The molecule has 2 unspecified atom stereocenters. The van der Waals surface area contributed by atoms with Gasteiger partial charge in [-0.1, -0.05) is 50.7 Å². The molecule has 0 rings (SSSR count). The third-order valence-corrected chi connectivity index (χ3v) is 5.39. The number of hydrogen-bond acceptors (Lipinski definition) is 1. The molecule has 0 spiro atoms. The topological polar surface area (TPSA) is 20.2 Å². The van der Waals surface area contributed by atoms with Gasteiger partial charge < -0.3 is 5.11 Å². The highest BCUT2D eigenvalue weighted by Crippen LogP contribution is 2.50. The number of hydrogen-bond donors (Lipinski definition) is 1. The van der Waals surface area contributed by atoms with Crippen molar-refractivity contribution in [2.24, 2.45) is 0 Å². The largest absolute Gasteiger partial charge is 0.391 e. The van der Waals surface area contributed by atoms with Gasteiger partial charge in [-0.05, 0) is 22.9 Å². The first-order valence-corrected chi connectivity index (χ1v) is 5.04. The van der Waals surface area contributed by atoms with Crippen molar-refractivity contribution in [3.63, 3.8) is 0 Å². The zero-order chi connectivity index (χ0) is 8.58. The molecular weight excluding hydrogens is 330 g/mol. The molecule has 0 saturated heterocycles. The zero-order valence-electron chi connectivity index (χ0n) is 4.91. The molecule has 0 aliphatic rings. The average molecular weight is 335 g/mol. The van der Waals surface area contributed by atoms with Gasteiger partial charge in [-0.25, -0.2) is 0 Å². The second-order valence-electron chi connectivity index (χ2n) is 1.80. The smallest absolute Gasteiger partial charge is 0.203 e. The Morgan fingerprint density at radius 3 is 1.60 bits per heavy atom. The van der Waals surface area contributed by atoms with Crippen LogP contribution in [0, 0.1) is 0 Å². The van der Waals surface area contributed by atoms with Gasteiger partial charge in [-0.2, -0.15) is 0 Å². The van der Waals surface area contributed by atoms with Crippen molar-refractivity contribution in [2.75, 3.05) is 0 Å². The minimum atomic E-state index is -1.39. The summed E-state index contributed by atoms with van der Waals surface area (Å²) in [6.45, 7) is 1.47. The van der Waals surface area contributed by atoms with Crippen molar-refractivity contribution in [2.45, 2.75) is 20.1 Å². The van der Waals surface area contributed by atoms with E-state index in [2.05, 4.69) is 31.9 Å². The summed E-state index contributed by atoms with van der Waals surface area (Å²) in [7, 11) is 0. The van der Waals surface area contributed by atoms with Gasteiger partial charge >= 0.3 is 0 Å². The normalized spacial score (nSPS) is 21.9. The Bertz CT molecular complexity index is 120. The first kappa shape index (κ1) is 11.8. The number of halogens is 5. The summed E-state index contributed by atoms with van der Waals surface area (Å²) in [5.74, 6) is 0. The lowest BCUT2D eigenvalue weighted by atomic mass is 10.3. The van der Waals surface area contributed by atoms with Crippen molar-refractivity contribution >= 4 is 66.7 Å². The minimum absolute atomic E-state index is 0.872. The van der Waals surface area contributed by atoms with Crippen LogP contribution >= 0.6 is 66.7 Å². The van der Waals surface area contributed by atoms with Crippen LogP contribution < -0.4 is 0 Å². The summed E-state index contributed by atoms with van der Waals surface area (Å²) in [6, 6.07) is 0. The first-order valence-electron chi connectivity index (χ1n) is 2.32.